The van der Waals surface area contributed by atoms with Crippen molar-refractivity contribution in [3.63, 3.8) is 0 Å². The number of benzene rings is 18. The third-order valence-corrected chi connectivity index (χ3v) is 24.1. The quantitative estimate of drug-likeness (QED) is 0.0946. The molecule has 14 heteroatoms. The largest absolute Gasteiger partial charge is 0.247 e. The molecule has 1 aliphatic rings. The van der Waals surface area contributed by atoms with Gasteiger partial charge in [-0.05, 0) is 217 Å². The first-order chi connectivity index (χ1) is 60.8. The predicted molar refractivity (Wildman–Crippen MR) is 499 cm³/mol. The lowest BCUT2D eigenvalue weighted by Gasteiger charge is -2.24. The van der Waals surface area contributed by atoms with Crippen molar-refractivity contribution < 1.29 is 0 Å². The van der Waals surface area contributed by atoms with Crippen molar-refractivity contribution in [3.05, 3.63) is 414 Å². The minimum atomic E-state index is -0.0767. The summed E-state index contributed by atoms with van der Waals surface area (Å²) < 4.78 is 0. The van der Waals surface area contributed by atoms with E-state index in [1.54, 1.807) is 9.80 Å². The zero-order valence-corrected chi connectivity index (χ0v) is 66.9. The Balaban J connectivity index is 0.000000147. The van der Waals surface area contributed by atoms with E-state index in [4.69, 9.17) is 0 Å². The van der Waals surface area contributed by atoms with Crippen LogP contribution in [-0.4, -0.2) is 59.8 Å². The molecule has 0 spiro atoms. The molecule has 23 rings (SSSR count). The van der Waals surface area contributed by atoms with Gasteiger partial charge >= 0.3 is 0 Å². The molecule has 578 valence electrons. The van der Waals surface area contributed by atoms with Crippen molar-refractivity contribution in [2.24, 2.45) is 0 Å². The van der Waals surface area contributed by atoms with Crippen molar-refractivity contribution in [2.75, 3.05) is 9.80 Å². The van der Waals surface area contributed by atoms with Crippen LogP contribution in [0, 0.1) is 0 Å². The van der Waals surface area contributed by atoms with Gasteiger partial charge in [0, 0.05) is 5.41 Å². The molecular weight excluding hydrogens is 1510 g/mol. The maximum Gasteiger partial charge on any atom is 0.240 e. The average Bonchev–Trinajstić information content (AvgIpc) is 1.71. The normalized spacial score (nSPS) is 12.0. The highest BCUT2D eigenvalue weighted by Gasteiger charge is 2.36. The molecule has 0 saturated heterocycles. The fraction of sp³-hybridized carbons (Fsp3) is 0.0275. The van der Waals surface area contributed by atoms with Crippen molar-refractivity contribution in [1.82, 2.24) is 59.8 Å². The summed E-state index contributed by atoms with van der Waals surface area (Å²) in [5.41, 5.74) is 25.6. The second kappa shape index (κ2) is 30.7. The maximum absolute atomic E-state index is 4.53. The summed E-state index contributed by atoms with van der Waals surface area (Å²) in [6.07, 6.45) is 11.6. The minimum Gasteiger partial charge on any atom is -0.247 e. The zero-order chi connectivity index (χ0) is 81.9. The van der Waals surface area contributed by atoms with E-state index in [0.29, 0.717) is 23.8 Å². The second-order valence-corrected chi connectivity index (χ2v) is 31.2. The third-order valence-electron chi connectivity index (χ3n) is 24.1. The summed E-state index contributed by atoms with van der Waals surface area (Å²) in [5, 5.41) is 16.6. The molecule has 4 aromatic heterocycles. The highest BCUT2D eigenvalue weighted by Crippen LogP contribution is 2.55. The van der Waals surface area contributed by atoms with Gasteiger partial charge in [-0.1, -0.05) is 335 Å². The Labute approximate surface area is 708 Å². The van der Waals surface area contributed by atoms with Crippen LogP contribution in [0.1, 0.15) is 25.0 Å². The highest BCUT2D eigenvalue weighted by molar-refractivity contribution is 6.28. The zero-order valence-electron chi connectivity index (χ0n) is 66.9. The first-order valence-electron chi connectivity index (χ1n) is 41.0. The maximum atomic E-state index is 4.53. The van der Waals surface area contributed by atoms with E-state index in [1.165, 1.54) is 171 Å². The van der Waals surface area contributed by atoms with Crippen LogP contribution in [-0.2, 0) is 5.41 Å². The molecule has 0 saturated carbocycles. The van der Waals surface area contributed by atoms with Crippen LogP contribution in [0.2, 0.25) is 0 Å². The van der Waals surface area contributed by atoms with Crippen LogP contribution in [0.4, 0.5) is 35.2 Å². The molecular formula is C109H72N14. The van der Waals surface area contributed by atoms with Crippen LogP contribution in [0.3, 0.4) is 0 Å². The van der Waals surface area contributed by atoms with Crippen molar-refractivity contribution in [1.29, 1.82) is 0 Å². The van der Waals surface area contributed by atoms with Crippen molar-refractivity contribution in [2.45, 2.75) is 19.3 Å². The summed E-state index contributed by atoms with van der Waals surface area (Å²) >= 11 is 0. The molecule has 123 heavy (non-hydrogen) atoms. The first kappa shape index (κ1) is 72.8. The average molecular weight is 1580 g/mol. The van der Waals surface area contributed by atoms with Crippen LogP contribution in [0.5, 0.6) is 0 Å². The minimum absolute atomic E-state index is 0.0767. The molecule has 0 radical (unpaired) electrons. The summed E-state index contributed by atoms with van der Waals surface area (Å²) in [6.45, 7) is 4.75. The van der Waals surface area contributed by atoms with Gasteiger partial charge in [-0.15, -0.1) is 0 Å². The first-order valence-corrected chi connectivity index (χ1v) is 41.0. The molecule has 0 amide bonds. The summed E-state index contributed by atoms with van der Waals surface area (Å²) in [7, 11) is 0. The Kier molecular flexibility index (Phi) is 18.2. The Bertz CT molecular complexity index is 7390. The van der Waals surface area contributed by atoms with Crippen LogP contribution in [0.15, 0.2) is 402 Å². The van der Waals surface area contributed by atoms with Crippen LogP contribution in [0.25, 0.3) is 176 Å². The number of hydrogen-bond donors (Lipinski definition) is 0. The van der Waals surface area contributed by atoms with Gasteiger partial charge in [0.25, 0.3) is 0 Å². The third kappa shape index (κ3) is 12.7. The number of rotatable bonds is 14. The topological polar surface area (TPSA) is 161 Å². The molecule has 0 fully saturated rings. The molecule has 22 aromatic rings. The van der Waals surface area contributed by atoms with E-state index in [1.807, 2.05) is 24.3 Å². The monoisotopic (exact) mass is 1580 g/mol. The SMILES string of the molecule is CC1(C)c2ccccc2-c2ccc(-c3c4ccccc4c(-c4ccc(-c5c6ccccc6c(-c6ccccc6)c6ccccc56)c5ccccc45)c4ccccc34)cc21.c1ccc(-c2ccc(-c3c4ccc(N(c5ncncn5)c5ncncn5)cc4c(-c4ccc(-c5ccccc5)cc4)c4ccc(N(c5ncncn5)c5ncncn5)cc34)cc2)cc1. The van der Waals surface area contributed by atoms with Gasteiger partial charge in [0.1, 0.15) is 50.6 Å². The van der Waals surface area contributed by atoms with Gasteiger partial charge < -0.3 is 0 Å². The number of anilines is 6. The van der Waals surface area contributed by atoms with Crippen LogP contribution < -0.4 is 9.80 Å². The number of hydrogen-bond acceptors (Lipinski definition) is 14. The second-order valence-electron chi connectivity index (χ2n) is 31.2. The lowest BCUT2D eigenvalue weighted by atomic mass is 9.80. The molecule has 14 nitrogen and oxygen atoms in total. The van der Waals surface area contributed by atoms with Gasteiger partial charge in [-0.2, -0.15) is 0 Å². The Morgan fingerprint density at radius 2 is 0.431 bits per heavy atom. The lowest BCUT2D eigenvalue weighted by Crippen LogP contribution is -2.16. The van der Waals surface area contributed by atoms with E-state index in [-0.39, 0.29) is 5.41 Å². The molecule has 0 unspecified atom stereocenters. The Hall–Kier alpha value is -16.6. The van der Waals surface area contributed by atoms with E-state index in [0.717, 1.165) is 77.4 Å². The number of fused-ring (bicyclic) bond motifs is 10. The van der Waals surface area contributed by atoms with E-state index in [2.05, 4.69) is 401 Å². The standard InChI is InChI=1S/C59H40.C50H32N14/c1-59(2)53-31-17-16-22-41(53)42-33-32-38(36-54(42)59)56-45-25-10-14-29-49(45)58(50-30-15-11-26-46(50)56)52-35-34-51(39-20-6-7-21-40(39)52)57-47-27-12-8-23-43(47)55(37-18-4-3-5-19-37)44-24-9-13-28-48(44)57;1-3-7-33(8-4-1)35-11-15-37(16-12-35)45-41-21-19-40(64(49-59-29-53-30-60-49)50-61-31-54-32-62-50)24-44(41)46(38-17-13-36(14-18-38)34-9-5-2-6-10-34)42-22-20-39(23-43(42)45)63(47-55-25-51-26-56-47)48-57-27-52-28-58-48/h3-36H,1-2H3;1-32H. The fourth-order valence-corrected chi connectivity index (χ4v) is 18.7. The lowest BCUT2D eigenvalue weighted by molar-refractivity contribution is 0.660. The smallest absolute Gasteiger partial charge is 0.240 e. The fourth-order valence-electron chi connectivity index (χ4n) is 18.7. The van der Waals surface area contributed by atoms with E-state index < -0.39 is 0 Å². The van der Waals surface area contributed by atoms with Crippen LogP contribution >= 0.6 is 0 Å². The molecule has 0 bridgehead atoms. The molecule has 0 aliphatic heterocycles. The van der Waals surface area contributed by atoms with Gasteiger partial charge in [-0.3, -0.25) is 0 Å². The molecule has 0 atom stereocenters. The Morgan fingerprint density at radius 3 is 0.805 bits per heavy atom. The molecule has 4 heterocycles. The van der Waals surface area contributed by atoms with Gasteiger partial charge in [0.05, 0.1) is 11.4 Å². The van der Waals surface area contributed by atoms with Gasteiger partial charge in [-0.25, -0.2) is 69.6 Å². The molecule has 1 aliphatic carbocycles. The summed E-state index contributed by atoms with van der Waals surface area (Å²) in [5.74, 6) is 1.42. The van der Waals surface area contributed by atoms with Crippen molar-refractivity contribution >= 4 is 111 Å². The van der Waals surface area contributed by atoms with E-state index >= 15 is 0 Å². The van der Waals surface area contributed by atoms with Crippen molar-refractivity contribution in [3.8, 4) is 100 Å². The highest BCUT2D eigenvalue weighted by atomic mass is 15.4. The molecule has 0 N–H and O–H groups in total. The number of nitrogens with zero attached hydrogens (tertiary/aromatic N) is 14. The Morgan fingerprint density at radius 1 is 0.179 bits per heavy atom. The van der Waals surface area contributed by atoms with Gasteiger partial charge in [0.2, 0.25) is 23.8 Å². The predicted octanol–water partition coefficient (Wildman–Crippen LogP) is 26.8. The number of aromatic nitrogens is 12. The van der Waals surface area contributed by atoms with E-state index in [9.17, 15) is 0 Å². The van der Waals surface area contributed by atoms with Gasteiger partial charge in [0.15, 0.2) is 0 Å². The summed E-state index contributed by atoms with van der Waals surface area (Å²) in [6, 6.07) is 128. The molecule has 18 aromatic carbocycles. The summed E-state index contributed by atoms with van der Waals surface area (Å²) in [4.78, 5) is 56.1.